The Bertz CT molecular complexity index is 544. The molecule has 4 nitrogen and oxygen atoms in total. The molecule has 3 unspecified atom stereocenters. The first-order valence-corrected chi connectivity index (χ1v) is 8.56. The van der Waals surface area contributed by atoms with E-state index in [0.717, 1.165) is 55.9 Å². The van der Waals surface area contributed by atoms with E-state index in [-0.39, 0.29) is 48.7 Å². The normalized spacial score (nSPS) is 26.2. The van der Waals surface area contributed by atoms with Crippen LogP contribution in [0.5, 0.6) is 0 Å². The lowest BCUT2D eigenvalue weighted by Crippen LogP contribution is -2.43. The van der Waals surface area contributed by atoms with Crippen molar-refractivity contribution in [2.24, 2.45) is 11.7 Å². The zero-order valence-corrected chi connectivity index (χ0v) is 16.0. The molecule has 0 bridgehead atoms. The van der Waals surface area contributed by atoms with E-state index in [0.29, 0.717) is 0 Å². The number of hydrogen-bond acceptors (Lipinski definition) is 3. The molecule has 1 aromatic carbocycles. The van der Waals surface area contributed by atoms with Gasteiger partial charge in [-0.05, 0) is 43.9 Å². The fourth-order valence-electron chi connectivity index (χ4n) is 3.57. The second kappa shape index (κ2) is 9.71. The minimum Gasteiger partial charge on any atom is -0.369 e. The van der Waals surface area contributed by atoms with Crippen LogP contribution in [0.1, 0.15) is 32.1 Å². The zero-order chi connectivity index (χ0) is 15.5. The van der Waals surface area contributed by atoms with Crippen molar-refractivity contribution in [1.82, 2.24) is 5.32 Å². The van der Waals surface area contributed by atoms with Crippen molar-refractivity contribution < 1.29 is 4.79 Å². The Balaban J connectivity index is 0.00000144. The fourth-order valence-corrected chi connectivity index (χ4v) is 3.75. The minimum atomic E-state index is 0. The van der Waals surface area contributed by atoms with Crippen LogP contribution in [0.3, 0.4) is 0 Å². The van der Waals surface area contributed by atoms with Gasteiger partial charge in [0.2, 0.25) is 5.91 Å². The van der Waals surface area contributed by atoms with Gasteiger partial charge in [0, 0.05) is 41.8 Å². The maximum Gasteiger partial charge on any atom is 0.223 e. The van der Waals surface area contributed by atoms with Crippen molar-refractivity contribution in [3.63, 3.8) is 0 Å². The predicted octanol–water partition coefficient (Wildman–Crippen LogP) is 3.40. The Hall–Kier alpha value is -0.680. The van der Waals surface area contributed by atoms with Gasteiger partial charge in [0.05, 0.1) is 0 Å². The largest absolute Gasteiger partial charge is 0.369 e. The maximum absolute atomic E-state index is 12.4. The molecule has 1 amide bonds. The van der Waals surface area contributed by atoms with Crippen molar-refractivity contribution in [3.05, 3.63) is 29.3 Å². The van der Waals surface area contributed by atoms with Gasteiger partial charge in [-0.1, -0.05) is 24.1 Å². The molecule has 2 fully saturated rings. The van der Waals surface area contributed by atoms with Crippen LogP contribution in [0.15, 0.2) is 24.3 Å². The summed E-state index contributed by atoms with van der Waals surface area (Å²) in [6, 6.07) is 8.31. The lowest BCUT2D eigenvalue weighted by atomic mass is 9.85. The van der Waals surface area contributed by atoms with Gasteiger partial charge in [0.25, 0.3) is 0 Å². The average Bonchev–Trinajstić information content (AvgIpc) is 2.96. The number of nitrogens with zero attached hydrogens (tertiary/aromatic N) is 1. The van der Waals surface area contributed by atoms with Gasteiger partial charge >= 0.3 is 0 Å². The van der Waals surface area contributed by atoms with Gasteiger partial charge < -0.3 is 16.0 Å². The summed E-state index contributed by atoms with van der Waals surface area (Å²) in [5.41, 5.74) is 7.11. The van der Waals surface area contributed by atoms with Crippen LogP contribution in [0, 0.1) is 5.92 Å². The summed E-state index contributed by atoms with van der Waals surface area (Å²) in [7, 11) is 0. The SMILES string of the molecule is Cl.Cl.NC1CCCC(C(=O)NC2CCN(c3cccc(Cl)c3)C2)C1. The van der Waals surface area contributed by atoms with Crippen LogP contribution in [0.4, 0.5) is 5.69 Å². The summed E-state index contributed by atoms with van der Waals surface area (Å²) in [6.07, 6.45) is 4.91. The van der Waals surface area contributed by atoms with Crippen LogP contribution in [-0.4, -0.2) is 31.1 Å². The molecule has 0 aromatic heterocycles. The third-order valence-corrected chi connectivity index (χ3v) is 5.03. The van der Waals surface area contributed by atoms with Gasteiger partial charge in [0.15, 0.2) is 0 Å². The van der Waals surface area contributed by atoms with Crippen LogP contribution >= 0.6 is 36.4 Å². The number of benzene rings is 1. The summed E-state index contributed by atoms with van der Waals surface area (Å²) in [5.74, 6) is 0.289. The van der Waals surface area contributed by atoms with Crippen molar-refractivity contribution in [3.8, 4) is 0 Å². The van der Waals surface area contributed by atoms with Crippen molar-refractivity contribution in [2.45, 2.75) is 44.2 Å². The first kappa shape index (κ1) is 21.4. The molecule has 0 radical (unpaired) electrons. The lowest BCUT2D eigenvalue weighted by molar-refractivity contribution is -0.126. The summed E-state index contributed by atoms with van der Waals surface area (Å²) in [6.45, 7) is 1.81. The maximum atomic E-state index is 12.4. The van der Waals surface area contributed by atoms with Crippen LogP contribution in [0.25, 0.3) is 0 Å². The highest BCUT2D eigenvalue weighted by molar-refractivity contribution is 6.30. The molecule has 3 rings (SSSR count). The Morgan fingerprint density at radius 1 is 1.25 bits per heavy atom. The Morgan fingerprint density at radius 2 is 2.04 bits per heavy atom. The highest BCUT2D eigenvalue weighted by atomic mass is 35.5. The van der Waals surface area contributed by atoms with Gasteiger partial charge in [-0.25, -0.2) is 0 Å². The van der Waals surface area contributed by atoms with Gasteiger partial charge in [0.1, 0.15) is 0 Å². The second-order valence-electron chi connectivity index (χ2n) is 6.54. The summed E-state index contributed by atoms with van der Waals surface area (Å²) >= 11 is 6.05. The van der Waals surface area contributed by atoms with Crippen molar-refractivity contribution in [2.75, 3.05) is 18.0 Å². The van der Waals surface area contributed by atoms with E-state index >= 15 is 0 Å². The predicted molar refractivity (Wildman–Crippen MR) is 105 cm³/mol. The van der Waals surface area contributed by atoms with E-state index in [1.54, 1.807) is 0 Å². The Kier molecular flexibility index (Phi) is 8.65. The molecule has 24 heavy (non-hydrogen) atoms. The monoisotopic (exact) mass is 393 g/mol. The third-order valence-electron chi connectivity index (χ3n) is 4.79. The smallest absolute Gasteiger partial charge is 0.223 e. The van der Waals surface area contributed by atoms with Crippen LogP contribution in [0.2, 0.25) is 5.02 Å². The molecular formula is C17H26Cl3N3O. The van der Waals surface area contributed by atoms with Crippen LogP contribution < -0.4 is 16.0 Å². The molecule has 136 valence electrons. The molecule has 0 spiro atoms. The number of rotatable bonds is 3. The number of amides is 1. The number of halogens is 3. The molecular weight excluding hydrogens is 369 g/mol. The van der Waals surface area contributed by atoms with Gasteiger partial charge in [-0.3, -0.25) is 4.79 Å². The molecule has 1 saturated carbocycles. The lowest BCUT2D eigenvalue weighted by Gasteiger charge is -2.27. The summed E-state index contributed by atoms with van der Waals surface area (Å²) in [5, 5.41) is 3.97. The first-order valence-electron chi connectivity index (χ1n) is 8.18. The number of hydrogen-bond donors (Lipinski definition) is 2. The van der Waals surface area contributed by atoms with Gasteiger partial charge in [-0.2, -0.15) is 0 Å². The summed E-state index contributed by atoms with van der Waals surface area (Å²) in [4.78, 5) is 14.7. The molecule has 1 aliphatic carbocycles. The highest BCUT2D eigenvalue weighted by Gasteiger charge is 2.29. The molecule has 7 heteroatoms. The van der Waals surface area contributed by atoms with E-state index in [1.807, 2.05) is 18.2 Å². The van der Waals surface area contributed by atoms with Crippen molar-refractivity contribution in [1.29, 1.82) is 0 Å². The van der Waals surface area contributed by atoms with E-state index in [4.69, 9.17) is 17.3 Å². The third kappa shape index (κ3) is 5.41. The highest BCUT2D eigenvalue weighted by Crippen LogP contribution is 2.26. The van der Waals surface area contributed by atoms with E-state index in [9.17, 15) is 4.79 Å². The molecule has 1 aliphatic heterocycles. The second-order valence-corrected chi connectivity index (χ2v) is 6.98. The topological polar surface area (TPSA) is 58.4 Å². The Labute approximate surface area is 161 Å². The molecule has 1 saturated heterocycles. The fraction of sp³-hybridized carbons (Fsp3) is 0.588. The van der Waals surface area contributed by atoms with Crippen LogP contribution in [-0.2, 0) is 4.79 Å². The molecule has 1 heterocycles. The number of carbonyl (C=O) groups is 1. The van der Waals surface area contributed by atoms with E-state index in [1.165, 1.54) is 0 Å². The molecule has 3 N–H and O–H groups in total. The minimum absolute atomic E-state index is 0. The number of nitrogens with two attached hydrogens (primary N) is 1. The zero-order valence-electron chi connectivity index (χ0n) is 13.6. The number of carbonyl (C=O) groups excluding carboxylic acids is 1. The average molecular weight is 395 g/mol. The first-order chi connectivity index (χ1) is 10.6. The standard InChI is InChI=1S/C17H24ClN3O.2ClH/c18-13-4-2-6-16(10-13)21-8-7-15(11-21)20-17(22)12-3-1-5-14(19)9-12;;/h2,4,6,10,12,14-15H,1,3,5,7-9,11,19H2,(H,20,22);2*1H. The molecule has 2 aliphatic rings. The summed E-state index contributed by atoms with van der Waals surface area (Å²) < 4.78 is 0. The Morgan fingerprint density at radius 3 is 2.75 bits per heavy atom. The number of nitrogens with one attached hydrogen (secondary N) is 1. The molecule has 1 aromatic rings. The quantitative estimate of drug-likeness (QED) is 0.826. The van der Waals surface area contributed by atoms with Gasteiger partial charge in [-0.15, -0.1) is 24.8 Å². The molecule has 3 atom stereocenters. The van der Waals surface area contributed by atoms with E-state index < -0.39 is 0 Å². The van der Waals surface area contributed by atoms with E-state index in [2.05, 4.69) is 16.3 Å². The number of anilines is 1. The van der Waals surface area contributed by atoms with Crippen molar-refractivity contribution >= 4 is 48.0 Å².